The van der Waals surface area contributed by atoms with Crippen molar-refractivity contribution in [1.29, 1.82) is 0 Å². The van der Waals surface area contributed by atoms with Crippen LogP contribution in [0.15, 0.2) is 18.2 Å². The molecule has 2 N–H and O–H groups in total. The van der Waals surface area contributed by atoms with Crippen LogP contribution in [0.2, 0.25) is 5.02 Å². The van der Waals surface area contributed by atoms with Gasteiger partial charge in [0.25, 0.3) is 5.69 Å². The lowest BCUT2D eigenvalue weighted by molar-refractivity contribution is -0.384. The van der Waals surface area contributed by atoms with E-state index in [4.69, 9.17) is 16.3 Å². The van der Waals surface area contributed by atoms with Crippen LogP contribution in [0.5, 0.6) is 0 Å². The Morgan fingerprint density at radius 1 is 1.34 bits per heavy atom. The van der Waals surface area contributed by atoms with Gasteiger partial charge < -0.3 is 20.3 Å². The Labute approximate surface area is 189 Å². The minimum atomic E-state index is -1.31. The number of nitrogens with zero attached hydrogens (tertiary/aromatic N) is 2. The molecule has 0 radical (unpaired) electrons. The Hall–Kier alpha value is -3.21. The zero-order valence-electron chi connectivity index (χ0n) is 18.3. The number of nitro benzene ring substituents is 1. The average molecular weight is 469 g/mol. The number of rotatable bonds is 5. The molecule has 32 heavy (non-hydrogen) atoms. The molecule has 1 aromatic carbocycles. The first-order valence-electron chi connectivity index (χ1n) is 9.76. The minimum Gasteiger partial charge on any atom is -0.458 e. The van der Waals surface area contributed by atoms with Crippen LogP contribution in [-0.4, -0.2) is 51.2 Å². The van der Waals surface area contributed by atoms with E-state index in [-0.39, 0.29) is 17.0 Å². The summed E-state index contributed by atoms with van der Waals surface area (Å²) in [5.41, 5.74) is -1.16. The van der Waals surface area contributed by atoms with E-state index in [0.29, 0.717) is 0 Å². The van der Waals surface area contributed by atoms with Crippen LogP contribution < -0.4 is 10.6 Å². The molecule has 2 rings (SSSR count). The highest BCUT2D eigenvalue weighted by Gasteiger charge is 2.45. The van der Waals surface area contributed by atoms with Crippen LogP contribution in [0.4, 0.5) is 5.69 Å². The number of halogens is 1. The molecule has 1 aliphatic rings. The third-order valence-electron chi connectivity index (χ3n) is 4.50. The van der Waals surface area contributed by atoms with E-state index < -0.39 is 58.2 Å². The first kappa shape index (κ1) is 25.1. The second kappa shape index (κ2) is 9.51. The number of nitrogens with one attached hydrogen (secondary N) is 2. The number of esters is 1. The standard InChI is InChI=1S/C20H25ClN4O7/c1-10(22-11(2)26)18(28)24-15(19(29)32-20(3,4)5)9-16(27)23-17(24)12-6-7-13(21)14(8-12)25(30)31/h6-8,10,15,17H,9H2,1-5H3,(H,22,26)(H,23,27)/t10-,15+,17+/m1/s1. The van der Waals surface area contributed by atoms with Crippen molar-refractivity contribution in [3.05, 3.63) is 38.9 Å². The molecule has 0 bridgehead atoms. The SMILES string of the molecule is CC(=O)N[C@H](C)C(=O)N1[C@@H](c2ccc(Cl)c([N+](=O)[O-])c2)NC(=O)C[C@H]1C(=O)OC(C)(C)C. The summed E-state index contributed by atoms with van der Waals surface area (Å²) in [6.45, 7) is 7.57. The molecular formula is C20H25ClN4O7. The molecule has 1 fully saturated rings. The number of hydrogen-bond acceptors (Lipinski definition) is 7. The number of ether oxygens (including phenoxy) is 1. The van der Waals surface area contributed by atoms with Crippen LogP contribution in [0.3, 0.4) is 0 Å². The van der Waals surface area contributed by atoms with Gasteiger partial charge in [-0.1, -0.05) is 17.7 Å². The van der Waals surface area contributed by atoms with Gasteiger partial charge in [0.05, 0.1) is 11.3 Å². The van der Waals surface area contributed by atoms with Crippen molar-refractivity contribution in [3.63, 3.8) is 0 Å². The van der Waals surface area contributed by atoms with Crippen molar-refractivity contribution < 1.29 is 28.8 Å². The van der Waals surface area contributed by atoms with E-state index in [1.807, 2.05) is 0 Å². The Morgan fingerprint density at radius 3 is 2.50 bits per heavy atom. The molecule has 1 aliphatic heterocycles. The predicted molar refractivity (Wildman–Crippen MR) is 113 cm³/mol. The Bertz CT molecular complexity index is 960. The molecule has 3 amide bonds. The fourth-order valence-electron chi connectivity index (χ4n) is 3.26. The number of nitro groups is 1. The van der Waals surface area contributed by atoms with Crippen molar-refractivity contribution in [2.45, 2.75) is 64.9 Å². The number of amides is 3. The summed E-state index contributed by atoms with van der Waals surface area (Å²) < 4.78 is 5.40. The van der Waals surface area contributed by atoms with Gasteiger partial charge in [0.1, 0.15) is 28.9 Å². The molecule has 0 spiro atoms. The molecule has 1 aromatic rings. The van der Waals surface area contributed by atoms with Gasteiger partial charge in [0, 0.05) is 18.6 Å². The van der Waals surface area contributed by atoms with Crippen LogP contribution in [0.1, 0.15) is 52.8 Å². The van der Waals surface area contributed by atoms with Crippen molar-refractivity contribution in [2.24, 2.45) is 0 Å². The monoisotopic (exact) mass is 468 g/mol. The fraction of sp³-hybridized carbons (Fsp3) is 0.500. The van der Waals surface area contributed by atoms with Gasteiger partial charge in [0.2, 0.25) is 17.7 Å². The van der Waals surface area contributed by atoms with Crippen LogP contribution >= 0.6 is 11.6 Å². The van der Waals surface area contributed by atoms with Crippen molar-refractivity contribution in [1.82, 2.24) is 15.5 Å². The quantitative estimate of drug-likeness (QED) is 0.380. The highest BCUT2D eigenvalue weighted by molar-refractivity contribution is 6.32. The minimum absolute atomic E-state index is 0.130. The maximum atomic E-state index is 13.3. The second-order valence-electron chi connectivity index (χ2n) is 8.36. The largest absolute Gasteiger partial charge is 0.458 e. The second-order valence-corrected chi connectivity index (χ2v) is 8.77. The summed E-state index contributed by atoms with van der Waals surface area (Å²) in [5, 5.41) is 16.2. The van der Waals surface area contributed by atoms with Gasteiger partial charge in [-0.25, -0.2) is 4.79 Å². The summed E-state index contributed by atoms with van der Waals surface area (Å²) in [6.07, 6.45) is -1.60. The van der Waals surface area contributed by atoms with Gasteiger partial charge in [-0.3, -0.25) is 24.5 Å². The summed E-state index contributed by atoms with van der Waals surface area (Å²) in [7, 11) is 0. The predicted octanol–water partition coefficient (Wildman–Crippen LogP) is 1.83. The van der Waals surface area contributed by atoms with E-state index >= 15 is 0 Å². The molecule has 0 aliphatic carbocycles. The smallest absolute Gasteiger partial charge is 0.330 e. The van der Waals surface area contributed by atoms with Crippen molar-refractivity contribution in [3.8, 4) is 0 Å². The lowest BCUT2D eigenvalue weighted by Gasteiger charge is -2.42. The highest BCUT2D eigenvalue weighted by atomic mass is 35.5. The number of carbonyl (C=O) groups is 4. The normalized spacial score (nSPS) is 19.6. The van der Waals surface area contributed by atoms with Gasteiger partial charge in [-0.15, -0.1) is 0 Å². The molecule has 0 saturated carbocycles. The van der Waals surface area contributed by atoms with Crippen molar-refractivity contribution >= 4 is 41.0 Å². The van der Waals surface area contributed by atoms with Crippen LogP contribution in [0.25, 0.3) is 0 Å². The van der Waals surface area contributed by atoms with E-state index in [0.717, 1.165) is 11.0 Å². The maximum Gasteiger partial charge on any atom is 0.330 e. The third kappa shape index (κ3) is 5.94. The van der Waals surface area contributed by atoms with Crippen LogP contribution in [-0.2, 0) is 23.9 Å². The third-order valence-corrected chi connectivity index (χ3v) is 4.82. The molecule has 11 nitrogen and oxygen atoms in total. The first-order valence-corrected chi connectivity index (χ1v) is 10.1. The van der Waals surface area contributed by atoms with Gasteiger partial charge in [0.15, 0.2) is 0 Å². The topological polar surface area (TPSA) is 148 Å². The fourth-order valence-corrected chi connectivity index (χ4v) is 3.44. The highest BCUT2D eigenvalue weighted by Crippen LogP contribution is 2.33. The van der Waals surface area contributed by atoms with Crippen molar-refractivity contribution in [2.75, 3.05) is 0 Å². The van der Waals surface area contributed by atoms with Gasteiger partial charge in [-0.05, 0) is 33.8 Å². The zero-order chi connectivity index (χ0) is 24.4. The number of benzene rings is 1. The van der Waals surface area contributed by atoms with E-state index in [9.17, 15) is 29.3 Å². The first-order chi connectivity index (χ1) is 14.7. The summed E-state index contributed by atoms with van der Waals surface area (Å²) in [5.74, 6) is -2.53. The van der Waals surface area contributed by atoms with E-state index in [1.165, 1.54) is 26.0 Å². The number of carbonyl (C=O) groups excluding carboxylic acids is 4. The molecule has 0 aromatic heterocycles. The van der Waals surface area contributed by atoms with Gasteiger partial charge in [-0.2, -0.15) is 0 Å². The molecule has 12 heteroatoms. The lowest BCUT2D eigenvalue weighted by atomic mass is 10.0. The Kier molecular flexibility index (Phi) is 7.45. The van der Waals surface area contributed by atoms with E-state index in [2.05, 4.69) is 10.6 Å². The molecule has 3 atom stereocenters. The number of hydrogen-bond donors (Lipinski definition) is 2. The molecule has 1 saturated heterocycles. The summed E-state index contributed by atoms with van der Waals surface area (Å²) >= 11 is 5.89. The van der Waals surface area contributed by atoms with Gasteiger partial charge >= 0.3 is 5.97 Å². The average Bonchev–Trinajstić information content (AvgIpc) is 2.65. The Morgan fingerprint density at radius 2 is 1.97 bits per heavy atom. The zero-order valence-corrected chi connectivity index (χ0v) is 19.1. The molecular weight excluding hydrogens is 444 g/mol. The molecule has 1 heterocycles. The summed E-state index contributed by atoms with van der Waals surface area (Å²) in [4.78, 5) is 61.8. The Balaban J connectivity index is 2.58. The van der Waals surface area contributed by atoms with Crippen LogP contribution in [0, 0.1) is 10.1 Å². The lowest BCUT2D eigenvalue weighted by Crippen LogP contribution is -2.62. The summed E-state index contributed by atoms with van der Waals surface area (Å²) in [6, 6.07) is 1.43. The molecule has 174 valence electrons. The molecule has 0 unspecified atom stereocenters. The van der Waals surface area contributed by atoms with E-state index in [1.54, 1.807) is 20.8 Å². The maximum absolute atomic E-state index is 13.3.